The summed E-state index contributed by atoms with van der Waals surface area (Å²) in [6, 6.07) is 96.9. The molecule has 310 valence electrons. The second kappa shape index (κ2) is 16.5. The topological polar surface area (TPSA) is 16.1 Å². The summed E-state index contributed by atoms with van der Waals surface area (Å²) in [6.07, 6.45) is 0. The predicted octanol–water partition coefficient (Wildman–Crippen LogP) is 16.7. The molecule has 12 rings (SSSR count). The molecule has 0 radical (unpaired) electrons. The molecule has 0 fully saturated rings. The Morgan fingerprint density at radius 3 is 1.24 bits per heavy atom. The number of hydrogen-bond donors (Lipinski definition) is 0. The lowest BCUT2D eigenvalue weighted by Crippen LogP contribution is -2.28. The van der Waals surface area contributed by atoms with E-state index in [0.29, 0.717) is 0 Å². The lowest BCUT2D eigenvalue weighted by molar-refractivity contribution is 0.768. The molecule has 10 aromatic carbocycles. The van der Waals surface area contributed by atoms with Crippen molar-refractivity contribution < 1.29 is 0 Å². The van der Waals surface area contributed by atoms with Crippen LogP contribution in [0.5, 0.6) is 0 Å². The quantitative estimate of drug-likeness (QED) is 0.144. The molecule has 1 aliphatic rings. The third-order valence-electron chi connectivity index (χ3n) is 13.3. The maximum absolute atomic E-state index is 5.44. The van der Waals surface area contributed by atoms with E-state index in [9.17, 15) is 0 Å². The Morgan fingerprint density at radius 2 is 0.697 bits per heavy atom. The summed E-state index contributed by atoms with van der Waals surface area (Å²) in [5.74, 6) is 0. The molecule has 0 bridgehead atoms. The van der Waals surface area contributed by atoms with Crippen LogP contribution in [-0.2, 0) is 5.41 Å². The highest BCUT2D eigenvalue weighted by Crippen LogP contribution is 2.58. The number of benzene rings is 10. The first-order valence-corrected chi connectivity index (χ1v) is 22.7. The van der Waals surface area contributed by atoms with E-state index in [1.807, 2.05) is 0 Å². The highest BCUT2D eigenvalue weighted by Gasteiger charge is 2.46. The van der Waals surface area contributed by atoms with E-state index in [1.54, 1.807) is 0 Å². The summed E-state index contributed by atoms with van der Waals surface area (Å²) in [5, 5.41) is 1.12. The summed E-state index contributed by atoms with van der Waals surface area (Å²) in [7, 11) is 0. The lowest BCUT2D eigenvalue weighted by atomic mass is 9.67. The van der Waals surface area contributed by atoms with Gasteiger partial charge in [0.25, 0.3) is 0 Å². The third kappa shape index (κ3) is 6.71. The molecule has 0 atom stereocenters. The van der Waals surface area contributed by atoms with Crippen molar-refractivity contribution in [3.8, 4) is 55.8 Å². The van der Waals surface area contributed by atoms with Gasteiger partial charge in [-0.3, -0.25) is 0 Å². The Labute approximate surface area is 386 Å². The monoisotopic (exact) mass is 840 g/mol. The van der Waals surface area contributed by atoms with Crippen LogP contribution < -0.4 is 4.90 Å². The number of para-hydroxylation sites is 1. The summed E-state index contributed by atoms with van der Waals surface area (Å²) in [6.45, 7) is 0. The predicted molar refractivity (Wildman–Crippen MR) is 275 cm³/mol. The van der Waals surface area contributed by atoms with Gasteiger partial charge in [0.05, 0.1) is 16.6 Å². The minimum absolute atomic E-state index is 0.650. The van der Waals surface area contributed by atoms with Gasteiger partial charge in [-0.05, 0) is 116 Å². The minimum atomic E-state index is -0.650. The molecule has 0 saturated heterocycles. The van der Waals surface area contributed by atoms with Gasteiger partial charge in [0.15, 0.2) is 0 Å². The smallest absolute Gasteiger partial charge is 0.0788 e. The van der Waals surface area contributed by atoms with Crippen LogP contribution in [-0.4, -0.2) is 4.98 Å². The molecule has 1 heterocycles. The first-order chi connectivity index (χ1) is 32.7. The fourth-order valence-electron chi connectivity index (χ4n) is 10.3. The molecule has 1 aliphatic carbocycles. The molecule has 2 heteroatoms. The van der Waals surface area contributed by atoms with Gasteiger partial charge in [0.2, 0.25) is 0 Å². The summed E-state index contributed by atoms with van der Waals surface area (Å²) in [4.78, 5) is 7.85. The van der Waals surface area contributed by atoms with Gasteiger partial charge >= 0.3 is 0 Å². The van der Waals surface area contributed by atoms with Crippen LogP contribution in [0.1, 0.15) is 22.3 Å². The fraction of sp³-hybridized carbons (Fsp3) is 0.0156. The normalized spacial score (nSPS) is 12.4. The second-order valence-electron chi connectivity index (χ2n) is 17.1. The van der Waals surface area contributed by atoms with E-state index in [4.69, 9.17) is 4.98 Å². The van der Waals surface area contributed by atoms with Crippen molar-refractivity contribution in [1.29, 1.82) is 0 Å². The van der Waals surface area contributed by atoms with E-state index in [-0.39, 0.29) is 0 Å². The van der Waals surface area contributed by atoms with Crippen molar-refractivity contribution in [2.75, 3.05) is 4.90 Å². The van der Waals surface area contributed by atoms with Crippen LogP contribution in [0, 0.1) is 0 Å². The summed E-state index contributed by atoms with van der Waals surface area (Å²) in [5.41, 5.74) is 20.0. The van der Waals surface area contributed by atoms with E-state index in [2.05, 4.69) is 272 Å². The maximum Gasteiger partial charge on any atom is 0.0788 e. The molecule has 2 nitrogen and oxygen atoms in total. The number of rotatable bonds is 9. The van der Waals surface area contributed by atoms with Crippen molar-refractivity contribution in [1.82, 2.24) is 4.98 Å². The lowest BCUT2D eigenvalue weighted by Gasteiger charge is -2.35. The van der Waals surface area contributed by atoms with Gasteiger partial charge < -0.3 is 4.90 Å². The molecule has 1 aromatic heterocycles. The summed E-state index contributed by atoms with van der Waals surface area (Å²) >= 11 is 0. The van der Waals surface area contributed by atoms with Gasteiger partial charge in [0.1, 0.15) is 0 Å². The Balaban J connectivity index is 1.08. The van der Waals surface area contributed by atoms with Crippen LogP contribution in [0.3, 0.4) is 0 Å². The SMILES string of the molecule is c1ccc(-c2ccc(N(c3ccc(-c4ccccc4)cc3)c3ccc4c(c3)C(c3ccccc3)(c3ccccc3)c3cc(-c5nc6ccccc6cc5-c5ccccc5)ccc3-4)cc2)cc1. The van der Waals surface area contributed by atoms with Crippen molar-refractivity contribution >= 4 is 28.0 Å². The van der Waals surface area contributed by atoms with E-state index < -0.39 is 5.41 Å². The van der Waals surface area contributed by atoms with Crippen LogP contribution in [0.15, 0.2) is 267 Å². The molecule has 0 amide bonds. The molecule has 0 unspecified atom stereocenters. The summed E-state index contributed by atoms with van der Waals surface area (Å²) < 4.78 is 0. The molecule has 11 aromatic rings. The number of fused-ring (bicyclic) bond motifs is 4. The van der Waals surface area contributed by atoms with E-state index in [1.165, 1.54) is 55.6 Å². The van der Waals surface area contributed by atoms with Gasteiger partial charge in [-0.2, -0.15) is 0 Å². The molecule has 0 aliphatic heterocycles. The zero-order valence-electron chi connectivity index (χ0n) is 36.3. The molecule has 0 N–H and O–H groups in total. The zero-order chi connectivity index (χ0) is 43.9. The minimum Gasteiger partial charge on any atom is -0.310 e. The van der Waals surface area contributed by atoms with Crippen molar-refractivity contribution in [2.24, 2.45) is 0 Å². The fourth-order valence-corrected chi connectivity index (χ4v) is 10.3. The van der Waals surface area contributed by atoms with Crippen molar-refractivity contribution in [3.63, 3.8) is 0 Å². The number of nitrogens with zero attached hydrogens (tertiary/aromatic N) is 2. The van der Waals surface area contributed by atoms with Gasteiger partial charge in [-0.25, -0.2) is 4.98 Å². The molecule has 0 saturated carbocycles. The Morgan fingerprint density at radius 1 is 0.288 bits per heavy atom. The molecular formula is C64H44N2. The van der Waals surface area contributed by atoms with Crippen LogP contribution in [0.25, 0.3) is 66.7 Å². The van der Waals surface area contributed by atoms with Gasteiger partial charge in [-0.1, -0.05) is 212 Å². The van der Waals surface area contributed by atoms with Crippen LogP contribution in [0.4, 0.5) is 17.1 Å². The van der Waals surface area contributed by atoms with E-state index in [0.717, 1.165) is 50.3 Å². The van der Waals surface area contributed by atoms with Crippen molar-refractivity contribution in [2.45, 2.75) is 5.41 Å². The highest BCUT2D eigenvalue weighted by molar-refractivity contribution is 5.95. The highest BCUT2D eigenvalue weighted by atomic mass is 15.1. The average molecular weight is 841 g/mol. The van der Waals surface area contributed by atoms with Gasteiger partial charge in [-0.15, -0.1) is 0 Å². The van der Waals surface area contributed by atoms with Crippen LogP contribution >= 0.6 is 0 Å². The average Bonchev–Trinajstić information content (AvgIpc) is 3.69. The first-order valence-electron chi connectivity index (χ1n) is 22.7. The number of hydrogen-bond acceptors (Lipinski definition) is 2. The number of pyridine rings is 1. The first kappa shape index (κ1) is 39.0. The second-order valence-corrected chi connectivity index (χ2v) is 17.1. The third-order valence-corrected chi connectivity index (χ3v) is 13.3. The standard InChI is InChI=1S/C64H44N2/c1-6-18-45(19-7-1)47-30-35-54(36-31-47)66(55-37-32-48(33-38-55)46-20-8-2-9-21-46)56-39-41-58-57-40-34-51(63-59(49-22-10-3-11-23-49)42-50-24-16-17-29-62(50)65-63)43-60(57)64(61(58)44-56,52-25-12-4-13-26-52)53-27-14-5-15-28-53/h1-44H. The van der Waals surface area contributed by atoms with Crippen LogP contribution in [0.2, 0.25) is 0 Å². The van der Waals surface area contributed by atoms with Crippen molar-refractivity contribution in [3.05, 3.63) is 289 Å². The Hall–Kier alpha value is -8.59. The number of aromatic nitrogens is 1. The Bertz CT molecular complexity index is 3350. The van der Waals surface area contributed by atoms with E-state index >= 15 is 0 Å². The van der Waals surface area contributed by atoms with Gasteiger partial charge in [0, 0.05) is 33.6 Å². The largest absolute Gasteiger partial charge is 0.310 e. The number of anilines is 3. The molecular weight excluding hydrogens is 797 g/mol. The Kier molecular flexibility index (Phi) is 9.77. The molecule has 66 heavy (non-hydrogen) atoms. The maximum atomic E-state index is 5.44. The molecule has 0 spiro atoms. The zero-order valence-corrected chi connectivity index (χ0v) is 36.3.